The summed E-state index contributed by atoms with van der Waals surface area (Å²) in [6.07, 6.45) is 3.63. The molecule has 2 rings (SSSR count). The molecule has 0 radical (unpaired) electrons. The largest absolute Gasteiger partial charge is 0.496 e. The first-order valence-corrected chi connectivity index (χ1v) is 6.84. The van der Waals surface area contributed by atoms with Crippen LogP contribution in [-0.4, -0.2) is 39.7 Å². The van der Waals surface area contributed by atoms with Crippen LogP contribution in [-0.2, 0) is 11.3 Å². The van der Waals surface area contributed by atoms with Crippen molar-refractivity contribution in [1.29, 1.82) is 0 Å². The molecule has 0 saturated carbocycles. The second-order valence-electron chi connectivity index (χ2n) is 4.87. The number of benzene rings is 1. The predicted molar refractivity (Wildman–Crippen MR) is 78.8 cm³/mol. The van der Waals surface area contributed by atoms with Crippen LogP contribution < -0.4 is 4.74 Å². The summed E-state index contributed by atoms with van der Waals surface area (Å²) in [5.41, 5.74) is 1.00. The maximum absolute atomic E-state index is 12.3. The molecule has 0 saturated heterocycles. The van der Waals surface area contributed by atoms with Gasteiger partial charge in [-0.25, -0.2) is 0 Å². The van der Waals surface area contributed by atoms with E-state index in [0.29, 0.717) is 13.0 Å². The van der Waals surface area contributed by atoms with Crippen molar-refractivity contribution in [1.82, 2.24) is 19.7 Å². The number of ether oxygens (including phenoxy) is 1. The number of hydrogen-bond donors (Lipinski definition) is 0. The van der Waals surface area contributed by atoms with Crippen molar-refractivity contribution in [3.63, 3.8) is 0 Å². The van der Waals surface area contributed by atoms with Gasteiger partial charge in [0.05, 0.1) is 13.2 Å². The van der Waals surface area contributed by atoms with Crippen LogP contribution in [0.15, 0.2) is 36.9 Å². The van der Waals surface area contributed by atoms with Gasteiger partial charge in [-0.3, -0.25) is 4.79 Å². The van der Waals surface area contributed by atoms with Gasteiger partial charge in [0.2, 0.25) is 5.91 Å². The summed E-state index contributed by atoms with van der Waals surface area (Å²) in [6.45, 7) is 2.57. The van der Waals surface area contributed by atoms with Gasteiger partial charge in [0.15, 0.2) is 0 Å². The van der Waals surface area contributed by atoms with Crippen LogP contribution in [0.5, 0.6) is 5.75 Å². The third-order valence-electron chi connectivity index (χ3n) is 3.61. The first-order valence-electron chi connectivity index (χ1n) is 6.84. The van der Waals surface area contributed by atoms with Gasteiger partial charge in [-0.1, -0.05) is 18.2 Å². The SMILES string of the molecule is COc1ccccc1C(C)N(C)C(=O)CCn1cnnc1. The fourth-order valence-electron chi connectivity index (χ4n) is 2.17. The molecule has 0 spiro atoms. The second kappa shape index (κ2) is 6.88. The van der Waals surface area contributed by atoms with Gasteiger partial charge in [0.1, 0.15) is 18.4 Å². The molecule has 2 aromatic rings. The van der Waals surface area contributed by atoms with Crippen LogP contribution in [0.25, 0.3) is 0 Å². The fraction of sp³-hybridized carbons (Fsp3) is 0.400. The highest BCUT2D eigenvalue weighted by molar-refractivity contribution is 5.76. The van der Waals surface area contributed by atoms with Gasteiger partial charge >= 0.3 is 0 Å². The van der Waals surface area contributed by atoms with Gasteiger partial charge < -0.3 is 14.2 Å². The zero-order valence-corrected chi connectivity index (χ0v) is 12.6. The Morgan fingerprint density at radius 1 is 1.33 bits per heavy atom. The first-order chi connectivity index (χ1) is 10.1. The molecule has 0 fully saturated rings. The summed E-state index contributed by atoms with van der Waals surface area (Å²) in [4.78, 5) is 14.0. The molecular weight excluding hydrogens is 268 g/mol. The van der Waals surface area contributed by atoms with Gasteiger partial charge in [0, 0.05) is 25.6 Å². The monoisotopic (exact) mass is 288 g/mol. The van der Waals surface area contributed by atoms with Crippen molar-refractivity contribution in [3.8, 4) is 5.75 Å². The van der Waals surface area contributed by atoms with Crippen molar-refractivity contribution in [2.75, 3.05) is 14.2 Å². The Bertz CT molecular complexity index is 583. The van der Waals surface area contributed by atoms with Gasteiger partial charge in [0.25, 0.3) is 0 Å². The second-order valence-corrected chi connectivity index (χ2v) is 4.87. The third-order valence-corrected chi connectivity index (χ3v) is 3.61. The highest BCUT2D eigenvalue weighted by atomic mass is 16.5. The van der Waals surface area contributed by atoms with Crippen molar-refractivity contribution < 1.29 is 9.53 Å². The Morgan fingerprint density at radius 2 is 2.00 bits per heavy atom. The van der Waals surface area contributed by atoms with Crippen LogP contribution in [0.1, 0.15) is 24.9 Å². The van der Waals surface area contributed by atoms with Crippen LogP contribution in [0, 0.1) is 0 Å². The molecular formula is C15H20N4O2. The first kappa shape index (κ1) is 15.0. The Kier molecular flexibility index (Phi) is 4.92. The van der Waals surface area contributed by atoms with E-state index in [4.69, 9.17) is 4.74 Å². The molecule has 0 aliphatic carbocycles. The van der Waals surface area contributed by atoms with Crippen molar-refractivity contribution >= 4 is 5.91 Å². The minimum Gasteiger partial charge on any atom is -0.496 e. The van der Waals surface area contributed by atoms with E-state index in [1.165, 1.54) is 0 Å². The predicted octanol–water partition coefficient (Wildman–Crippen LogP) is 1.90. The number of rotatable bonds is 6. The number of carbonyl (C=O) groups excluding carboxylic acids is 1. The summed E-state index contributed by atoms with van der Waals surface area (Å²) in [5.74, 6) is 0.866. The molecule has 0 aliphatic rings. The van der Waals surface area contributed by atoms with Crippen molar-refractivity contribution in [2.24, 2.45) is 0 Å². The topological polar surface area (TPSA) is 60.2 Å². The van der Waals surface area contributed by atoms with Gasteiger partial charge in [-0.2, -0.15) is 0 Å². The average Bonchev–Trinajstić information content (AvgIpc) is 3.04. The molecule has 112 valence electrons. The molecule has 1 unspecified atom stereocenters. The normalized spacial score (nSPS) is 12.0. The smallest absolute Gasteiger partial charge is 0.224 e. The van der Waals surface area contributed by atoms with E-state index in [1.807, 2.05) is 38.2 Å². The highest BCUT2D eigenvalue weighted by Gasteiger charge is 2.19. The summed E-state index contributed by atoms with van der Waals surface area (Å²) in [5, 5.41) is 7.44. The Hall–Kier alpha value is -2.37. The lowest BCUT2D eigenvalue weighted by molar-refractivity contribution is -0.132. The molecule has 21 heavy (non-hydrogen) atoms. The highest BCUT2D eigenvalue weighted by Crippen LogP contribution is 2.28. The third kappa shape index (κ3) is 3.59. The van der Waals surface area contributed by atoms with Crippen molar-refractivity contribution in [3.05, 3.63) is 42.5 Å². The maximum atomic E-state index is 12.3. The summed E-state index contributed by atoms with van der Waals surface area (Å²) < 4.78 is 7.15. The number of amides is 1. The lowest BCUT2D eigenvalue weighted by atomic mass is 10.1. The number of aryl methyl sites for hydroxylation is 1. The molecule has 0 bridgehead atoms. The minimum atomic E-state index is -0.0467. The lowest BCUT2D eigenvalue weighted by Crippen LogP contribution is -2.30. The molecule has 6 nitrogen and oxygen atoms in total. The van der Waals surface area contributed by atoms with Crippen LogP contribution >= 0.6 is 0 Å². The number of para-hydroxylation sites is 1. The quantitative estimate of drug-likeness (QED) is 0.814. The molecule has 1 aromatic heterocycles. The molecule has 1 atom stereocenters. The van der Waals surface area contributed by atoms with Gasteiger partial charge in [-0.15, -0.1) is 10.2 Å². The van der Waals surface area contributed by atoms with Crippen LogP contribution in [0.2, 0.25) is 0 Å². The maximum Gasteiger partial charge on any atom is 0.224 e. The lowest BCUT2D eigenvalue weighted by Gasteiger charge is -2.26. The van der Waals surface area contributed by atoms with E-state index < -0.39 is 0 Å². The standard InChI is InChI=1S/C15H20N4O2/c1-12(13-6-4-5-7-14(13)21-3)18(2)15(20)8-9-19-10-16-17-11-19/h4-7,10-12H,8-9H2,1-3H3. The van der Waals surface area contributed by atoms with Crippen LogP contribution in [0.4, 0.5) is 0 Å². The van der Waals surface area contributed by atoms with E-state index in [1.54, 1.807) is 29.2 Å². The summed E-state index contributed by atoms with van der Waals surface area (Å²) in [7, 11) is 3.45. The number of methoxy groups -OCH3 is 1. The Balaban J connectivity index is 2.00. The van der Waals surface area contributed by atoms with Gasteiger partial charge in [-0.05, 0) is 13.0 Å². The molecule has 1 heterocycles. The molecule has 1 amide bonds. The van der Waals surface area contributed by atoms with E-state index in [-0.39, 0.29) is 11.9 Å². The van der Waals surface area contributed by atoms with E-state index in [9.17, 15) is 4.79 Å². The zero-order valence-electron chi connectivity index (χ0n) is 12.6. The number of aromatic nitrogens is 3. The zero-order chi connectivity index (χ0) is 15.2. The molecule has 6 heteroatoms. The Morgan fingerprint density at radius 3 is 2.67 bits per heavy atom. The van der Waals surface area contributed by atoms with Crippen LogP contribution in [0.3, 0.4) is 0 Å². The average molecular weight is 288 g/mol. The Labute approximate surface area is 124 Å². The summed E-state index contributed by atoms with van der Waals surface area (Å²) in [6, 6.07) is 7.70. The molecule has 0 N–H and O–H groups in total. The fourth-order valence-corrected chi connectivity index (χ4v) is 2.17. The molecule has 1 aromatic carbocycles. The summed E-state index contributed by atoms with van der Waals surface area (Å²) >= 11 is 0. The van der Waals surface area contributed by atoms with Crippen molar-refractivity contribution in [2.45, 2.75) is 25.9 Å². The minimum absolute atomic E-state index is 0.0467. The number of carbonyl (C=O) groups is 1. The van der Waals surface area contributed by atoms with E-state index in [2.05, 4.69) is 10.2 Å². The number of hydrogen-bond acceptors (Lipinski definition) is 4. The van der Waals surface area contributed by atoms with E-state index in [0.717, 1.165) is 11.3 Å². The molecule has 0 aliphatic heterocycles. The number of nitrogens with zero attached hydrogens (tertiary/aromatic N) is 4. The van der Waals surface area contributed by atoms with E-state index >= 15 is 0 Å².